The standard InChI is InChI=1S/C6H7P.2C3H5NO/c7-6-4-2-1-3-5-6;2*1-2-5-3-4-1/h1-5H,7H2;2*3H,1-2H2. The van der Waals surface area contributed by atoms with Crippen molar-refractivity contribution in [1.82, 2.24) is 0 Å². The van der Waals surface area contributed by atoms with Crippen molar-refractivity contribution in [1.29, 1.82) is 0 Å². The number of aliphatic imine (C=N–C) groups is 2. The Morgan fingerprint density at radius 2 is 1.41 bits per heavy atom. The summed E-state index contributed by atoms with van der Waals surface area (Å²) in [5.41, 5.74) is 0. The second-order valence-corrected chi connectivity index (χ2v) is 3.84. The van der Waals surface area contributed by atoms with Gasteiger partial charge in [-0.05, 0) is 5.30 Å². The van der Waals surface area contributed by atoms with Gasteiger partial charge >= 0.3 is 0 Å². The molecule has 0 saturated carbocycles. The van der Waals surface area contributed by atoms with Crippen LogP contribution in [0.4, 0.5) is 0 Å². The van der Waals surface area contributed by atoms with Gasteiger partial charge in [-0.3, -0.25) is 9.98 Å². The maximum atomic E-state index is 4.65. The molecule has 2 aliphatic heterocycles. The quantitative estimate of drug-likeness (QED) is 0.653. The van der Waals surface area contributed by atoms with E-state index >= 15 is 0 Å². The largest absolute Gasteiger partial charge is 0.482 e. The first-order chi connectivity index (χ1) is 8.39. The molecule has 17 heavy (non-hydrogen) atoms. The fourth-order valence-corrected chi connectivity index (χ4v) is 1.20. The highest BCUT2D eigenvalue weighted by Gasteiger charge is 1.85. The van der Waals surface area contributed by atoms with Crippen LogP contribution in [0.5, 0.6) is 0 Å². The van der Waals surface area contributed by atoms with Crippen molar-refractivity contribution < 1.29 is 9.47 Å². The third kappa shape index (κ3) is 8.40. The zero-order valence-electron chi connectivity index (χ0n) is 9.66. The second-order valence-electron chi connectivity index (χ2n) is 3.18. The van der Waals surface area contributed by atoms with Crippen LogP contribution in [0.2, 0.25) is 0 Å². The highest BCUT2D eigenvalue weighted by Crippen LogP contribution is 1.86. The lowest BCUT2D eigenvalue weighted by Gasteiger charge is -1.82. The lowest BCUT2D eigenvalue weighted by molar-refractivity contribution is 0.361. The third-order valence-corrected chi connectivity index (χ3v) is 2.16. The van der Waals surface area contributed by atoms with Crippen LogP contribution in [0.3, 0.4) is 0 Å². The van der Waals surface area contributed by atoms with Crippen LogP contribution in [0.1, 0.15) is 0 Å². The van der Waals surface area contributed by atoms with E-state index in [0.29, 0.717) is 0 Å². The Bertz CT molecular complexity index is 314. The smallest absolute Gasteiger partial charge is 0.169 e. The fraction of sp³-hybridized carbons (Fsp3) is 0.333. The number of hydrogen-bond donors (Lipinski definition) is 0. The zero-order chi connectivity index (χ0) is 12.2. The molecule has 0 fully saturated rings. The molecule has 1 aromatic carbocycles. The number of hydrogen-bond acceptors (Lipinski definition) is 4. The van der Waals surface area contributed by atoms with Crippen LogP contribution in [0.15, 0.2) is 40.3 Å². The molecule has 0 bridgehead atoms. The third-order valence-electron chi connectivity index (χ3n) is 1.77. The molecule has 1 atom stereocenters. The van der Waals surface area contributed by atoms with Gasteiger partial charge in [-0.15, -0.1) is 9.24 Å². The first-order valence-corrected chi connectivity index (χ1v) is 5.97. The molecule has 0 N–H and O–H groups in total. The van der Waals surface area contributed by atoms with Crippen molar-refractivity contribution in [3.05, 3.63) is 30.3 Å². The average Bonchev–Trinajstić information content (AvgIpc) is 3.09. The Balaban J connectivity index is 0.000000130. The van der Waals surface area contributed by atoms with Gasteiger partial charge in [-0.25, -0.2) is 0 Å². The minimum atomic E-state index is 0.778. The molecule has 0 spiro atoms. The molecule has 92 valence electrons. The Hall–Kier alpha value is -1.41. The molecule has 1 aromatic rings. The summed E-state index contributed by atoms with van der Waals surface area (Å²) in [6.45, 7) is 3.25. The highest BCUT2D eigenvalue weighted by molar-refractivity contribution is 7.27. The monoisotopic (exact) mass is 252 g/mol. The lowest BCUT2D eigenvalue weighted by atomic mass is 10.4. The molecule has 3 rings (SSSR count). The van der Waals surface area contributed by atoms with Gasteiger partial charge in [0.15, 0.2) is 12.8 Å². The van der Waals surface area contributed by atoms with Gasteiger partial charge in [0.1, 0.15) is 13.2 Å². The molecule has 0 aromatic heterocycles. The molecule has 0 aliphatic carbocycles. The topological polar surface area (TPSA) is 43.2 Å². The normalized spacial score (nSPS) is 14.9. The van der Waals surface area contributed by atoms with E-state index in [1.165, 1.54) is 18.1 Å². The fourth-order valence-electron chi connectivity index (χ4n) is 0.980. The predicted octanol–water partition coefficient (Wildman–Crippen LogP) is 1.28. The molecular weight excluding hydrogens is 235 g/mol. The van der Waals surface area contributed by atoms with Gasteiger partial charge < -0.3 is 9.47 Å². The lowest BCUT2D eigenvalue weighted by Crippen LogP contribution is -1.82. The SMILES string of the molecule is C1=NCCO1.C1=NCCO1.Pc1ccccc1. The zero-order valence-corrected chi connectivity index (χ0v) is 10.8. The summed E-state index contributed by atoms with van der Waals surface area (Å²) in [5.74, 6) is 0. The number of ether oxygens (including phenoxy) is 2. The molecule has 0 saturated heterocycles. The van der Waals surface area contributed by atoms with Crippen molar-refractivity contribution >= 4 is 27.3 Å². The van der Waals surface area contributed by atoms with Crippen molar-refractivity contribution in [2.24, 2.45) is 9.98 Å². The predicted molar refractivity (Wildman–Crippen MR) is 74.4 cm³/mol. The van der Waals surface area contributed by atoms with Gasteiger partial charge in [0.05, 0.1) is 13.1 Å². The molecular formula is C12H17N2O2P. The van der Waals surface area contributed by atoms with Crippen molar-refractivity contribution in [2.75, 3.05) is 26.3 Å². The molecule has 1 unspecified atom stereocenters. The Morgan fingerprint density at radius 3 is 1.59 bits per heavy atom. The van der Waals surface area contributed by atoms with Crippen molar-refractivity contribution in [3.63, 3.8) is 0 Å². The Kier molecular flexibility index (Phi) is 7.86. The van der Waals surface area contributed by atoms with Gasteiger partial charge in [0.2, 0.25) is 0 Å². The Morgan fingerprint density at radius 1 is 0.882 bits per heavy atom. The molecule has 0 amide bonds. The number of nitrogens with zero attached hydrogens (tertiary/aromatic N) is 2. The first kappa shape index (κ1) is 13.7. The van der Waals surface area contributed by atoms with Gasteiger partial charge in [-0.1, -0.05) is 30.3 Å². The minimum absolute atomic E-state index is 0.778. The molecule has 0 radical (unpaired) electrons. The highest BCUT2D eigenvalue weighted by atomic mass is 31.0. The summed E-state index contributed by atoms with van der Waals surface area (Å²) in [6, 6.07) is 10.1. The van der Waals surface area contributed by atoms with E-state index in [4.69, 9.17) is 0 Å². The van der Waals surface area contributed by atoms with E-state index < -0.39 is 0 Å². The maximum absolute atomic E-state index is 4.65. The van der Waals surface area contributed by atoms with Crippen LogP contribution in [-0.4, -0.2) is 39.1 Å². The van der Waals surface area contributed by atoms with Crippen molar-refractivity contribution in [3.8, 4) is 0 Å². The van der Waals surface area contributed by atoms with E-state index in [1.807, 2.05) is 30.3 Å². The van der Waals surface area contributed by atoms with Crippen LogP contribution in [-0.2, 0) is 9.47 Å². The number of rotatable bonds is 0. The maximum Gasteiger partial charge on any atom is 0.169 e. The van der Waals surface area contributed by atoms with Crippen LogP contribution < -0.4 is 5.30 Å². The van der Waals surface area contributed by atoms with Gasteiger partial charge in [-0.2, -0.15) is 0 Å². The van der Waals surface area contributed by atoms with E-state index in [0.717, 1.165) is 26.3 Å². The van der Waals surface area contributed by atoms with Crippen LogP contribution in [0, 0.1) is 0 Å². The summed E-state index contributed by atoms with van der Waals surface area (Å²) < 4.78 is 9.31. The summed E-state index contributed by atoms with van der Waals surface area (Å²) in [6.07, 6.45) is 2.97. The van der Waals surface area contributed by atoms with Gasteiger partial charge in [0.25, 0.3) is 0 Å². The van der Waals surface area contributed by atoms with Crippen molar-refractivity contribution in [2.45, 2.75) is 0 Å². The van der Waals surface area contributed by atoms with E-state index in [2.05, 4.69) is 28.7 Å². The van der Waals surface area contributed by atoms with E-state index in [1.54, 1.807) is 0 Å². The molecule has 5 heteroatoms. The van der Waals surface area contributed by atoms with E-state index in [9.17, 15) is 0 Å². The molecule has 4 nitrogen and oxygen atoms in total. The van der Waals surface area contributed by atoms with Crippen LogP contribution >= 0.6 is 9.24 Å². The summed E-state index contributed by atoms with van der Waals surface area (Å²) in [5, 5.41) is 1.24. The van der Waals surface area contributed by atoms with E-state index in [-0.39, 0.29) is 0 Å². The summed E-state index contributed by atoms with van der Waals surface area (Å²) in [7, 11) is 2.63. The summed E-state index contributed by atoms with van der Waals surface area (Å²) in [4.78, 5) is 7.47. The first-order valence-electron chi connectivity index (χ1n) is 5.40. The Labute approximate surface area is 104 Å². The average molecular weight is 252 g/mol. The minimum Gasteiger partial charge on any atom is -0.482 e. The summed E-state index contributed by atoms with van der Waals surface area (Å²) >= 11 is 0. The number of benzene rings is 1. The van der Waals surface area contributed by atoms with Crippen LogP contribution in [0.25, 0.3) is 0 Å². The molecule has 2 heterocycles. The second kappa shape index (κ2) is 9.79. The van der Waals surface area contributed by atoms with Gasteiger partial charge in [0, 0.05) is 0 Å². The molecule has 2 aliphatic rings.